The van der Waals surface area contributed by atoms with Gasteiger partial charge >= 0.3 is 0 Å². The monoisotopic (exact) mass is 497 g/mol. The summed E-state index contributed by atoms with van der Waals surface area (Å²) in [5.41, 5.74) is 4.38. The summed E-state index contributed by atoms with van der Waals surface area (Å²) in [6.45, 7) is 1.08. The van der Waals surface area contributed by atoms with Crippen molar-refractivity contribution in [2.45, 2.75) is 25.2 Å². The number of rotatable bonds is 8. The van der Waals surface area contributed by atoms with Crippen LogP contribution in [-0.2, 0) is 4.79 Å². The van der Waals surface area contributed by atoms with Crippen molar-refractivity contribution < 1.29 is 19.1 Å². The fourth-order valence-corrected chi connectivity index (χ4v) is 5.12. The summed E-state index contributed by atoms with van der Waals surface area (Å²) in [5, 5.41) is 4.20. The molecule has 7 nitrogen and oxygen atoms in total. The second-order valence-corrected chi connectivity index (χ2v) is 9.18. The molecular weight excluding hydrogens is 466 g/mol. The van der Waals surface area contributed by atoms with Gasteiger partial charge in [0.2, 0.25) is 5.91 Å². The maximum Gasteiger partial charge on any atom is 0.251 e. The third-order valence-corrected chi connectivity index (χ3v) is 7.04. The van der Waals surface area contributed by atoms with Gasteiger partial charge in [0.1, 0.15) is 0 Å². The first-order valence-electron chi connectivity index (χ1n) is 12.6. The van der Waals surface area contributed by atoms with Gasteiger partial charge in [0.25, 0.3) is 5.91 Å². The highest BCUT2D eigenvalue weighted by atomic mass is 16.5. The molecule has 0 bridgehead atoms. The fourth-order valence-electron chi connectivity index (χ4n) is 5.12. The molecule has 5 rings (SSSR count). The molecule has 2 N–H and O–H groups in total. The van der Waals surface area contributed by atoms with Crippen LogP contribution < -0.4 is 19.7 Å². The van der Waals surface area contributed by atoms with Gasteiger partial charge in [0, 0.05) is 59.3 Å². The van der Waals surface area contributed by atoms with Crippen LogP contribution in [0.15, 0.2) is 72.9 Å². The Morgan fingerprint density at radius 3 is 2.54 bits per heavy atom. The Hall–Kier alpha value is -4.26. The molecule has 1 aliphatic rings. The SMILES string of the molecule is COc1cccc(C(CNC(=O)c2ccc(N3CCCCC3=O)cc2)c2c[nH]c3ccccc23)c1OC. The minimum atomic E-state index is -0.185. The van der Waals surface area contributed by atoms with E-state index in [-0.39, 0.29) is 17.7 Å². The molecule has 1 saturated heterocycles. The van der Waals surface area contributed by atoms with Crippen LogP contribution in [0.4, 0.5) is 5.69 Å². The molecule has 0 radical (unpaired) electrons. The van der Waals surface area contributed by atoms with E-state index in [0.29, 0.717) is 30.0 Å². The summed E-state index contributed by atoms with van der Waals surface area (Å²) >= 11 is 0. The molecule has 1 unspecified atom stereocenters. The number of benzene rings is 3. The number of H-pyrrole nitrogens is 1. The van der Waals surface area contributed by atoms with Crippen LogP contribution in [0.5, 0.6) is 11.5 Å². The van der Waals surface area contributed by atoms with Gasteiger partial charge in [0.15, 0.2) is 11.5 Å². The molecule has 2 heterocycles. The third-order valence-electron chi connectivity index (χ3n) is 7.04. The van der Waals surface area contributed by atoms with Crippen LogP contribution in [0, 0.1) is 0 Å². The maximum absolute atomic E-state index is 13.2. The number of para-hydroxylation sites is 2. The van der Waals surface area contributed by atoms with Gasteiger partial charge < -0.3 is 24.7 Å². The lowest BCUT2D eigenvalue weighted by atomic mass is 9.89. The van der Waals surface area contributed by atoms with E-state index < -0.39 is 0 Å². The number of ether oxygens (including phenoxy) is 2. The van der Waals surface area contributed by atoms with Crippen molar-refractivity contribution in [1.29, 1.82) is 0 Å². The Kier molecular flexibility index (Phi) is 7.12. The van der Waals surface area contributed by atoms with Crippen molar-refractivity contribution in [3.05, 3.63) is 89.6 Å². The van der Waals surface area contributed by atoms with Gasteiger partial charge in [-0.15, -0.1) is 0 Å². The van der Waals surface area contributed by atoms with Gasteiger partial charge in [-0.3, -0.25) is 9.59 Å². The van der Waals surface area contributed by atoms with Crippen molar-refractivity contribution in [2.75, 3.05) is 32.2 Å². The number of carbonyl (C=O) groups excluding carboxylic acids is 2. The number of nitrogens with one attached hydrogen (secondary N) is 2. The summed E-state index contributed by atoms with van der Waals surface area (Å²) in [5.74, 6) is 1.06. The largest absolute Gasteiger partial charge is 0.493 e. The van der Waals surface area contributed by atoms with Crippen molar-refractivity contribution in [1.82, 2.24) is 10.3 Å². The topological polar surface area (TPSA) is 83.7 Å². The molecule has 0 aliphatic carbocycles. The molecule has 37 heavy (non-hydrogen) atoms. The van der Waals surface area contributed by atoms with Crippen molar-refractivity contribution in [3.63, 3.8) is 0 Å². The lowest BCUT2D eigenvalue weighted by molar-refractivity contribution is -0.119. The smallest absolute Gasteiger partial charge is 0.251 e. The van der Waals surface area contributed by atoms with E-state index >= 15 is 0 Å². The van der Waals surface area contributed by atoms with E-state index in [2.05, 4.69) is 16.4 Å². The van der Waals surface area contributed by atoms with Crippen molar-refractivity contribution in [3.8, 4) is 11.5 Å². The number of piperidine rings is 1. The third kappa shape index (κ3) is 4.89. The van der Waals surface area contributed by atoms with Crippen LogP contribution in [-0.4, -0.2) is 44.1 Å². The average Bonchev–Trinajstić information content (AvgIpc) is 3.37. The van der Waals surface area contributed by atoms with E-state index in [1.54, 1.807) is 31.3 Å². The quantitative estimate of drug-likeness (QED) is 0.348. The summed E-state index contributed by atoms with van der Waals surface area (Å²) in [6.07, 6.45) is 4.50. The van der Waals surface area contributed by atoms with Crippen LogP contribution in [0.25, 0.3) is 10.9 Å². The molecule has 4 aromatic rings. The standard InChI is InChI=1S/C30H31N3O4/c1-36-27-11-7-9-23(29(27)37-2)25(24-18-31-26-10-4-3-8-22(24)26)19-32-30(35)20-13-15-21(16-14-20)33-17-6-5-12-28(33)34/h3-4,7-11,13-16,18,25,31H,5-6,12,17,19H2,1-2H3,(H,32,35). The Balaban J connectivity index is 1.42. The number of methoxy groups -OCH3 is 2. The van der Waals surface area contributed by atoms with Crippen molar-refractivity contribution >= 4 is 28.4 Å². The molecular formula is C30H31N3O4. The predicted molar refractivity (Wildman–Crippen MR) is 145 cm³/mol. The average molecular weight is 498 g/mol. The second kappa shape index (κ2) is 10.8. The van der Waals surface area contributed by atoms with E-state index in [0.717, 1.165) is 47.1 Å². The van der Waals surface area contributed by atoms with Gasteiger partial charge in [-0.25, -0.2) is 0 Å². The highest BCUT2D eigenvalue weighted by Crippen LogP contribution is 2.40. The summed E-state index contributed by atoms with van der Waals surface area (Å²) < 4.78 is 11.3. The lowest BCUT2D eigenvalue weighted by Crippen LogP contribution is -2.35. The number of hydrogen-bond acceptors (Lipinski definition) is 4. The summed E-state index contributed by atoms with van der Waals surface area (Å²) in [6, 6.07) is 21.2. The lowest BCUT2D eigenvalue weighted by Gasteiger charge is -2.26. The number of aromatic amines is 1. The first-order valence-corrected chi connectivity index (χ1v) is 12.6. The molecule has 1 atom stereocenters. The Bertz CT molecular complexity index is 1410. The Morgan fingerprint density at radius 2 is 1.78 bits per heavy atom. The van der Waals surface area contributed by atoms with Gasteiger partial charge in [-0.2, -0.15) is 0 Å². The Morgan fingerprint density at radius 1 is 0.973 bits per heavy atom. The number of hydrogen-bond donors (Lipinski definition) is 2. The zero-order chi connectivity index (χ0) is 25.8. The van der Waals surface area contributed by atoms with E-state index in [9.17, 15) is 9.59 Å². The highest BCUT2D eigenvalue weighted by Gasteiger charge is 2.25. The van der Waals surface area contributed by atoms with E-state index in [1.807, 2.05) is 54.7 Å². The first-order chi connectivity index (χ1) is 18.1. The molecule has 2 amide bonds. The number of fused-ring (bicyclic) bond motifs is 1. The van der Waals surface area contributed by atoms with E-state index in [1.165, 1.54) is 0 Å². The second-order valence-electron chi connectivity index (χ2n) is 9.18. The highest BCUT2D eigenvalue weighted by molar-refractivity contribution is 5.97. The molecule has 1 fully saturated rings. The first kappa shape index (κ1) is 24.4. The number of aromatic nitrogens is 1. The minimum absolute atomic E-state index is 0.136. The zero-order valence-electron chi connectivity index (χ0n) is 21.1. The predicted octanol–water partition coefficient (Wildman–Crippen LogP) is 5.26. The molecule has 3 aromatic carbocycles. The van der Waals surface area contributed by atoms with Gasteiger partial charge in [0.05, 0.1) is 14.2 Å². The van der Waals surface area contributed by atoms with Crippen molar-refractivity contribution in [2.24, 2.45) is 0 Å². The Labute approximate surface area is 216 Å². The van der Waals surface area contributed by atoms with Crippen LogP contribution in [0.3, 0.4) is 0 Å². The molecule has 7 heteroatoms. The minimum Gasteiger partial charge on any atom is -0.493 e. The van der Waals surface area contributed by atoms with Crippen LogP contribution in [0.2, 0.25) is 0 Å². The molecule has 1 aliphatic heterocycles. The maximum atomic E-state index is 13.2. The number of amides is 2. The van der Waals surface area contributed by atoms with Gasteiger partial charge in [-0.1, -0.05) is 30.3 Å². The number of anilines is 1. The number of carbonyl (C=O) groups is 2. The molecule has 0 spiro atoms. The van der Waals surface area contributed by atoms with Crippen LogP contribution in [0.1, 0.15) is 46.7 Å². The molecule has 1 aromatic heterocycles. The molecule has 190 valence electrons. The number of nitrogens with zero attached hydrogens (tertiary/aromatic N) is 1. The van der Waals surface area contributed by atoms with Crippen LogP contribution >= 0.6 is 0 Å². The summed E-state index contributed by atoms with van der Waals surface area (Å²) in [7, 11) is 3.24. The molecule has 0 saturated carbocycles. The zero-order valence-corrected chi connectivity index (χ0v) is 21.1. The fraction of sp³-hybridized carbons (Fsp3) is 0.267. The normalized spacial score (nSPS) is 14.4. The van der Waals surface area contributed by atoms with E-state index in [4.69, 9.17) is 9.47 Å². The van der Waals surface area contributed by atoms with Gasteiger partial charge in [-0.05, 0) is 54.8 Å². The summed E-state index contributed by atoms with van der Waals surface area (Å²) in [4.78, 5) is 30.6.